The quantitative estimate of drug-likeness (QED) is 0.566. The fraction of sp³-hybridized carbons (Fsp3) is 0.760. The molecule has 32 heavy (non-hydrogen) atoms. The highest BCUT2D eigenvalue weighted by Gasteiger charge is 2.43. The van der Waals surface area contributed by atoms with Crippen molar-refractivity contribution in [3.8, 4) is 0 Å². The number of carbonyl (C=O) groups is 1. The van der Waals surface area contributed by atoms with E-state index in [1.807, 2.05) is 25.7 Å². The third-order valence-corrected chi connectivity index (χ3v) is 7.77. The molecule has 1 aromatic heterocycles. The van der Waals surface area contributed by atoms with Crippen LogP contribution in [0.3, 0.4) is 0 Å². The van der Waals surface area contributed by atoms with Crippen molar-refractivity contribution in [3.63, 3.8) is 0 Å². The third-order valence-electron chi connectivity index (χ3n) is 6.95. The zero-order valence-corrected chi connectivity index (χ0v) is 22.9. The highest BCUT2D eigenvalue weighted by molar-refractivity contribution is 6.48. The minimum Gasteiger partial charge on any atom is -0.444 e. The average molecular weight is 462 g/mol. The molecule has 0 N–H and O–H groups in total. The van der Waals surface area contributed by atoms with Crippen LogP contribution in [0.4, 0.5) is 10.6 Å². The van der Waals surface area contributed by atoms with Gasteiger partial charge in [0.25, 0.3) is 0 Å². The lowest BCUT2D eigenvalue weighted by molar-refractivity contribution is 0.0191. The van der Waals surface area contributed by atoms with Gasteiger partial charge in [0, 0.05) is 19.1 Å². The maximum absolute atomic E-state index is 12.7. The molecule has 0 aromatic carbocycles. The van der Waals surface area contributed by atoms with E-state index >= 15 is 0 Å². The summed E-state index contributed by atoms with van der Waals surface area (Å²) in [7, 11) is -1.25. The van der Waals surface area contributed by atoms with Gasteiger partial charge in [-0.05, 0) is 70.2 Å². The zero-order valence-electron chi connectivity index (χ0n) is 21.7. The highest BCUT2D eigenvalue weighted by atomic mass is 28.3. The molecule has 3 unspecified atom stereocenters. The molecule has 0 bridgehead atoms. The maximum Gasteiger partial charge on any atom is 0.410 e. The second-order valence-electron chi connectivity index (χ2n) is 11.8. The number of aromatic nitrogens is 1. The van der Waals surface area contributed by atoms with E-state index in [2.05, 4.69) is 64.7 Å². The Kier molecular flexibility index (Phi) is 7.02. The van der Waals surface area contributed by atoms with E-state index < -0.39 is 14.6 Å². The van der Waals surface area contributed by atoms with Gasteiger partial charge in [-0.15, -0.1) is 0 Å². The number of piperazine rings is 1. The molecule has 2 aliphatic rings. The van der Waals surface area contributed by atoms with Crippen LogP contribution in [0.2, 0.25) is 13.1 Å². The predicted molar refractivity (Wildman–Crippen MR) is 133 cm³/mol. The number of hydrogen-bond donors (Lipinski definition) is 0. The number of hydrogen-bond acceptors (Lipinski definition) is 5. The van der Waals surface area contributed by atoms with Gasteiger partial charge in [0.2, 0.25) is 0 Å². The zero-order chi connectivity index (χ0) is 24.0. The summed E-state index contributed by atoms with van der Waals surface area (Å²) in [5.74, 6) is 1.54. The molecule has 6 nitrogen and oxygen atoms in total. The molecule has 7 heteroatoms. The lowest BCUT2D eigenvalue weighted by Crippen LogP contribution is -2.58. The molecule has 2 aliphatic heterocycles. The SMILES string of the molecule is CC1CN(C(=O)OC(C)(C)C)CC2Cc3ccc(C(O[SiH](C)C)C(C)(C)C(C)C)nc3N12. The molecule has 1 saturated heterocycles. The fourth-order valence-corrected chi connectivity index (χ4v) is 5.71. The summed E-state index contributed by atoms with van der Waals surface area (Å²) < 4.78 is 12.2. The van der Waals surface area contributed by atoms with Gasteiger partial charge in [-0.25, -0.2) is 9.78 Å². The van der Waals surface area contributed by atoms with Crippen molar-refractivity contribution >= 4 is 21.0 Å². The monoisotopic (exact) mass is 461 g/mol. The minimum absolute atomic E-state index is 0.0163. The van der Waals surface area contributed by atoms with Crippen LogP contribution in [0, 0.1) is 11.3 Å². The summed E-state index contributed by atoms with van der Waals surface area (Å²) in [6.45, 7) is 22.8. The van der Waals surface area contributed by atoms with Gasteiger partial charge in [-0.1, -0.05) is 33.8 Å². The van der Waals surface area contributed by atoms with Gasteiger partial charge < -0.3 is 19.0 Å². The van der Waals surface area contributed by atoms with Gasteiger partial charge in [0.15, 0.2) is 9.04 Å². The van der Waals surface area contributed by atoms with Crippen LogP contribution in [0.15, 0.2) is 12.1 Å². The molecule has 3 heterocycles. The van der Waals surface area contributed by atoms with Crippen LogP contribution >= 0.6 is 0 Å². The highest BCUT2D eigenvalue weighted by Crippen LogP contribution is 2.44. The van der Waals surface area contributed by atoms with Crippen molar-refractivity contribution in [2.45, 2.75) is 98.7 Å². The fourth-order valence-electron chi connectivity index (χ4n) is 4.68. The normalized spacial score (nSPS) is 22.2. The molecular weight excluding hydrogens is 418 g/mol. The summed E-state index contributed by atoms with van der Waals surface area (Å²) in [4.78, 5) is 22.2. The summed E-state index contributed by atoms with van der Waals surface area (Å²) in [5.41, 5.74) is 1.80. The smallest absolute Gasteiger partial charge is 0.410 e. The van der Waals surface area contributed by atoms with E-state index in [0.717, 1.165) is 17.9 Å². The summed E-state index contributed by atoms with van der Waals surface area (Å²) in [6.07, 6.45) is 0.670. The molecular formula is C25H43N3O3Si. The molecule has 0 saturated carbocycles. The Balaban J connectivity index is 1.87. The van der Waals surface area contributed by atoms with E-state index in [9.17, 15) is 4.79 Å². The average Bonchev–Trinajstić information content (AvgIpc) is 3.02. The predicted octanol–water partition coefficient (Wildman–Crippen LogP) is 5.18. The van der Waals surface area contributed by atoms with Gasteiger partial charge >= 0.3 is 6.09 Å². The third kappa shape index (κ3) is 5.14. The van der Waals surface area contributed by atoms with Crippen LogP contribution in [-0.4, -0.2) is 55.8 Å². The Morgan fingerprint density at radius 2 is 1.81 bits per heavy atom. The first-order chi connectivity index (χ1) is 14.7. The number of pyridine rings is 1. The van der Waals surface area contributed by atoms with Crippen LogP contribution in [0.25, 0.3) is 0 Å². The molecule has 1 amide bonds. The van der Waals surface area contributed by atoms with Crippen molar-refractivity contribution < 1.29 is 14.0 Å². The van der Waals surface area contributed by atoms with E-state index in [1.165, 1.54) is 5.56 Å². The molecule has 0 aliphatic carbocycles. The van der Waals surface area contributed by atoms with Gasteiger partial charge in [-0.2, -0.15) is 0 Å². The van der Waals surface area contributed by atoms with Crippen molar-refractivity contribution in [1.82, 2.24) is 9.88 Å². The van der Waals surface area contributed by atoms with E-state index in [0.29, 0.717) is 19.0 Å². The molecule has 3 atom stereocenters. The number of ether oxygens (including phenoxy) is 1. The molecule has 0 radical (unpaired) electrons. The number of nitrogens with zero attached hydrogens (tertiary/aromatic N) is 3. The van der Waals surface area contributed by atoms with E-state index in [4.69, 9.17) is 14.1 Å². The van der Waals surface area contributed by atoms with Gasteiger partial charge in [0.05, 0.1) is 17.8 Å². The number of anilines is 1. The van der Waals surface area contributed by atoms with Crippen LogP contribution in [-0.2, 0) is 15.6 Å². The molecule has 3 rings (SSSR count). The maximum atomic E-state index is 12.7. The first-order valence-electron chi connectivity index (χ1n) is 12.1. The Labute approximate surface area is 196 Å². The van der Waals surface area contributed by atoms with Gasteiger partial charge in [-0.3, -0.25) is 0 Å². The van der Waals surface area contributed by atoms with Crippen LogP contribution in [0.5, 0.6) is 0 Å². The largest absolute Gasteiger partial charge is 0.444 e. The molecule has 0 spiro atoms. The Morgan fingerprint density at radius 1 is 1.16 bits per heavy atom. The first-order valence-corrected chi connectivity index (χ1v) is 14.9. The second kappa shape index (κ2) is 8.97. The van der Waals surface area contributed by atoms with E-state index in [1.54, 1.807) is 0 Å². The molecule has 1 aromatic rings. The van der Waals surface area contributed by atoms with Gasteiger partial charge in [0.1, 0.15) is 11.4 Å². The minimum atomic E-state index is -1.25. The van der Waals surface area contributed by atoms with Crippen molar-refractivity contribution in [1.29, 1.82) is 0 Å². The van der Waals surface area contributed by atoms with Crippen LogP contribution < -0.4 is 4.90 Å². The van der Waals surface area contributed by atoms with Crippen LogP contribution in [0.1, 0.15) is 72.8 Å². The van der Waals surface area contributed by atoms with Crippen molar-refractivity contribution in [2.24, 2.45) is 11.3 Å². The Bertz CT molecular complexity index is 834. The Morgan fingerprint density at radius 3 is 2.38 bits per heavy atom. The molecule has 1 fully saturated rings. The number of amides is 1. The lowest BCUT2D eigenvalue weighted by atomic mass is 9.75. The number of fused-ring (bicyclic) bond motifs is 3. The number of carbonyl (C=O) groups excluding carboxylic acids is 1. The summed E-state index contributed by atoms with van der Waals surface area (Å²) >= 11 is 0. The first kappa shape index (κ1) is 25.0. The topological polar surface area (TPSA) is 54.9 Å². The standard InChI is InChI=1S/C25H43N3O3Si/c1-16(2)25(7,8)21(31-32(9)10)20-12-11-18-13-19-15-27(23(29)30-24(4,5)6)14-17(3)28(19)22(18)26-20/h11-12,16-17,19,21,32H,13-15H2,1-10H3. The van der Waals surface area contributed by atoms with Crippen molar-refractivity contribution in [3.05, 3.63) is 23.4 Å². The second-order valence-corrected chi connectivity index (χ2v) is 14.1. The molecule has 180 valence electrons. The summed E-state index contributed by atoms with van der Waals surface area (Å²) in [6, 6.07) is 4.82. The number of rotatable bonds is 5. The Hall–Kier alpha value is -1.60. The van der Waals surface area contributed by atoms with E-state index in [-0.39, 0.29) is 29.7 Å². The van der Waals surface area contributed by atoms with Crippen molar-refractivity contribution in [2.75, 3.05) is 18.0 Å². The summed E-state index contributed by atoms with van der Waals surface area (Å²) in [5, 5.41) is 0. The lowest BCUT2D eigenvalue weighted by Gasteiger charge is -2.43.